The Bertz CT molecular complexity index is 1180. The summed E-state index contributed by atoms with van der Waals surface area (Å²) in [5, 5.41) is 8.72. The number of amides is 1. The van der Waals surface area contributed by atoms with Crippen molar-refractivity contribution < 1.29 is 13.7 Å². The summed E-state index contributed by atoms with van der Waals surface area (Å²) in [4.78, 5) is 26.8. The molecule has 1 saturated heterocycles. The predicted octanol–water partition coefficient (Wildman–Crippen LogP) is 3.95. The second-order valence-electron chi connectivity index (χ2n) is 7.47. The first kappa shape index (κ1) is 20.9. The van der Waals surface area contributed by atoms with Crippen LogP contribution in [0.25, 0.3) is 21.3 Å². The quantitative estimate of drug-likeness (QED) is 0.426. The van der Waals surface area contributed by atoms with Gasteiger partial charge in [0.25, 0.3) is 0 Å². The molecule has 0 spiro atoms. The highest BCUT2D eigenvalue weighted by atomic mass is 32.1. The number of carbonyl (C=O) groups excluding carboxylic acids is 1. The number of aromatic nitrogens is 3. The van der Waals surface area contributed by atoms with E-state index in [1.165, 1.54) is 23.5 Å². The number of benzene rings is 1. The normalized spacial score (nSPS) is 14.7. The molecule has 1 aliphatic rings. The molecule has 0 radical (unpaired) electrons. The molecule has 1 aromatic carbocycles. The first-order valence-electron chi connectivity index (χ1n) is 10.2. The highest BCUT2D eigenvalue weighted by Crippen LogP contribution is 2.25. The summed E-state index contributed by atoms with van der Waals surface area (Å²) in [5.74, 6) is 0.997. The van der Waals surface area contributed by atoms with Crippen molar-refractivity contribution in [1.82, 2.24) is 24.9 Å². The third-order valence-corrected chi connectivity index (χ3v) is 7.07. The van der Waals surface area contributed by atoms with Gasteiger partial charge in [-0.3, -0.25) is 9.69 Å². The zero-order valence-corrected chi connectivity index (χ0v) is 18.7. The molecule has 3 aromatic heterocycles. The fourth-order valence-electron chi connectivity index (χ4n) is 3.55. The molecule has 0 atom stereocenters. The maximum Gasteiger partial charge on any atom is 0.241 e. The minimum Gasteiger partial charge on any atom is -0.340 e. The molecule has 1 aliphatic heterocycles. The molecule has 0 saturated carbocycles. The monoisotopic (exact) mass is 469 g/mol. The van der Waals surface area contributed by atoms with Gasteiger partial charge < -0.3 is 9.42 Å². The highest BCUT2D eigenvalue weighted by Gasteiger charge is 2.23. The van der Waals surface area contributed by atoms with Crippen molar-refractivity contribution >= 4 is 28.6 Å². The Morgan fingerprint density at radius 1 is 1.06 bits per heavy atom. The Hall–Kier alpha value is -2.95. The fraction of sp³-hybridized carbons (Fsp3) is 0.273. The van der Waals surface area contributed by atoms with Crippen molar-refractivity contribution in [2.24, 2.45) is 0 Å². The minimum absolute atomic E-state index is 0.0679. The molecule has 10 heteroatoms. The molecular formula is C22H20FN5O2S2. The van der Waals surface area contributed by atoms with Crippen LogP contribution in [0.1, 0.15) is 11.6 Å². The van der Waals surface area contributed by atoms with Crippen LogP contribution in [0.3, 0.4) is 0 Å². The Morgan fingerprint density at radius 2 is 1.88 bits per heavy atom. The van der Waals surface area contributed by atoms with Crippen molar-refractivity contribution in [3.63, 3.8) is 0 Å². The third-order valence-electron chi connectivity index (χ3n) is 5.27. The smallest absolute Gasteiger partial charge is 0.241 e. The summed E-state index contributed by atoms with van der Waals surface area (Å²) in [6.07, 6.45) is 0.269. The Morgan fingerprint density at radius 3 is 2.62 bits per heavy atom. The van der Waals surface area contributed by atoms with Gasteiger partial charge in [-0.25, -0.2) is 9.37 Å². The van der Waals surface area contributed by atoms with E-state index in [2.05, 4.69) is 20.0 Å². The molecule has 0 N–H and O–H groups in total. The van der Waals surface area contributed by atoms with Crippen molar-refractivity contribution in [1.29, 1.82) is 0 Å². The number of piperazine rings is 1. The topological polar surface area (TPSA) is 75.4 Å². The van der Waals surface area contributed by atoms with Crippen molar-refractivity contribution in [3.8, 4) is 21.3 Å². The Kier molecular flexibility index (Phi) is 6.06. The number of nitrogens with zero attached hydrogens (tertiary/aromatic N) is 5. The van der Waals surface area contributed by atoms with Gasteiger partial charge in [-0.15, -0.1) is 22.7 Å². The molecule has 32 heavy (non-hydrogen) atoms. The summed E-state index contributed by atoms with van der Waals surface area (Å²) >= 11 is 3.04. The first-order valence-corrected chi connectivity index (χ1v) is 12.0. The van der Waals surface area contributed by atoms with E-state index in [1.54, 1.807) is 23.5 Å². The van der Waals surface area contributed by atoms with Gasteiger partial charge in [0.1, 0.15) is 10.8 Å². The average molecular weight is 470 g/mol. The summed E-state index contributed by atoms with van der Waals surface area (Å²) in [6, 6.07) is 10.2. The van der Waals surface area contributed by atoms with Crippen LogP contribution >= 0.6 is 22.7 Å². The van der Waals surface area contributed by atoms with Crippen molar-refractivity contribution in [2.45, 2.75) is 13.0 Å². The van der Waals surface area contributed by atoms with Crippen molar-refractivity contribution in [3.05, 3.63) is 64.6 Å². The summed E-state index contributed by atoms with van der Waals surface area (Å²) < 4.78 is 18.5. The van der Waals surface area contributed by atoms with Crippen LogP contribution in [-0.4, -0.2) is 57.0 Å². The second-order valence-corrected chi connectivity index (χ2v) is 9.28. The van der Waals surface area contributed by atoms with Gasteiger partial charge in [-0.2, -0.15) is 4.98 Å². The van der Waals surface area contributed by atoms with Crippen LogP contribution in [0.2, 0.25) is 0 Å². The van der Waals surface area contributed by atoms with Crippen LogP contribution in [0.5, 0.6) is 0 Å². The van der Waals surface area contributed by atoms with Crippen LogP contribution in [0.15, 0.2) is 51.7 Å². The van der Waals surface area contributed by atoms with E-state index >= 15 is 0 Å². The lowest BCUT2D eigenvalue weighted by atomic mass is 10.2. The Balaban J connectivity index is 1.12. The SMILES string of the molecule is O=C(Cc1csc(-c2ccc(F)cc2)n1)N1CCN(Cc2nc(-c3cccs3)no2)CC1. The molecule has 7 nitrogen and oxygen atoms in total. The van der Waals surface area contributed by atoms with E-state index in [-0.39, 0.29) is 18.1 Å². The van der Waals surface area contributed by atoms with Gasteiger partial charge in [0, 0.05) is 37.1 Å². The molecular weight excluding hydrogens is 449 g/mol. The van der Waals surface area contributed by atoms with Crippen LogP contribution in [0.4, 0.5) is 4.39 Å². The maximum atomic E-state index is 13.1. The van der Waals surface area contributed by atoms with Gasteiger partial charge in [0.15, 0.2) is 0 Å². The number of carbonyl (C=O) groups is 1. The van der Waals surface area contributed by atoms with Gasteiger partial charge in [0.05, 0.1) is 23.5 Å². The fourth-order valence-corrected chi connectivity index (χ4v) is 5.03. The van der Waals surface area contributed by atoms with Crippen LogP contribution in [-0.2, 0) is 17.8 Å². The van der Waals surface area contributed by atoms with Gasteiger partial charge in [0.2, 0.25) is 17.6 Å². The van der Waals surface area contributed by atoms with E-state index in [0.29, 0.717) is 31.3 Å². The molecule has 1 amide bonds. The number of thiophene rings is 1. The summed E-state index contributed by atoms with van der Waals surface area (Å²) in [6.45, 7) is 3.38. The van der Waals surface area contributed by atoms with Crippen molar-refractivity contribution in [2.75, 3.05) is 26.2 Å². The molecule has 5 rings (SSSR count). The van der Waals surface area contributed by atoms with Gasteiger partial charge in [-0.1, -0.05) is 11.2 Å². The predicted molar refractivity (Wildman–Crippen MR) is 121 cm³/mol. The molecule has 164 valence electrons. The summed E-state index contributed by atoms with van der Waals surface area (Å²) in [7, 11) is 0. The summed E-state index contributed by atoms with van der Waals surface area (Å²) in [5.41, 5.74) is 1.60. The Labute approximate surface area is 192 Å². The van der Waals surface area contributed by atoms with E-state index in [9.17, 15) is 9.18 Å². The highest BCUT2D eigenvalue weighted by molar-refractivity contribution is 7.13. The van der Waals surface area contributed by atoms with Gasteiger partial charge in [-0.05, 0) is 35.7 Å². The zero-order valence-electron chi connectivity index (χ0n) is 17.1. The van der Waals surface area contributed by atoms with Crippen LogP contribution < -0.4 is 0 Å². The minimum atomic E-state index is -0.276. The number of hydrogen-bond acceptors (Lipinski definition) is 8. The molecule has 0 bridgehead atoms. The lowest BCUT2D eigenvalue weighted by Crippen LogP contribution is -2.48. The number of hydrogen-bond donors (Lipinski definition) is 0. The van der Waals surface area contributed by atoms with Gasteiger partial charge >= 0.3 is 0 Å². The second kappa shape index (κ2) is 9.27. The largest absolute Gasteiger partial charge is 0.340 e. The molecule has 1 fully saturated rings. The van der Waals surface area contributed by atoms with E-state index in [1.807, 2.05) is 27.8 Å². The lowest BCUT2D eigenvalue weighted by Gasteiger charge is -2.33. The third kappa shape index (κ3) is 4.77. The molecule has 4 heterocycles. The number of thiazole rings is 1. The molecule has 0 unspecified atom stereocenters. The molecule has 0 aliphatic carbocycles. The standard InChI is InChI=1S/C22H20FN5O2S2/c23-16-5-3-15(4-6-16)22-24-17(14-32-22)12-20(29)28-9-7-27(8-10-28)13-19-25-21(26-30-19)18-2-1-11-31-18/h1-6,11,14H,7-10,12-13H2. The zero-order chi connectivity index (χ0) is 21.9. The number of halogens is 1. The first-order chi connectivity index (χ1) is 15.6. The number of rotatable bonds is 6. The van der Waals surface area contributed by atoms with E-state index in [4.69, 9.17) is 4.52 Å². The average Bonchev–Trinajstić information content (AvgIpc) is 3.57. The van der Waals surface area contributed by atoms with E-state index < -0.39 is 0 Å². The molecule has 4 aromatic rings. The van der Waals surface area contributed by atoms with Crippen LogP contribution in [0, 0.1) is 5.82 Å². The van der Waals surface area contributed by atoms with E-state index in [0.717, 1.165) is 34.2 Å². The maximum absolute atomic E-state index is 13.1. The lowest BCUT2D eigenvalue weighted by molar-refractivity contribution is -0.132.